The Balaban J connectivity index is 1.88. The molecule has 3 nitrogen and oxygen atoms in total. The molecule has 1 aliphatic carbocycles. The fourth-order valence-electron chi connectivity index (χ4n) is 2.48. The van der Waals surface area contributed by atoms with Crippen LogP contribution in [0.25, 0.3) is 0 Å². The lowest BCUT2D eigenvalue weighted by molar-refractivity contribution is 0.268. The summed E-state index contributed by atoms with van der Waals surface area (Å²) in [5.41, 5.74) is 0. The number of rotatable bonds is 4. The van der Waals surface area contributed by atoms with Crippen molar-refractivity contribution >= 4 is 17.6 Å². The second-order valence-corrected chi connectivity index (χ2v) is 5.67. The van der Waals surface area contributed by atoms with E-state index in [1.54, 1.807) is 18.1 Å². The number of thioether (sulfide) groups is 1. The second kappa shape index (κ2) is 6.24. The molecule has 1 N–H and O–H groups in total. The molecule has 1 saturated carbocycles. The lowest BCUT2D eigenvalue weighted by Gasteiger charge is -2.28. The number of hydrogen-bond acceptors (Lipinski definition) is 4. The van der Waals surface area contributed by atoms with E-state index < -0.39 is 0 Å². The van der Waals surface area contributed by atoms with E-state index in [0.29, 0.717) is 0 Å². The van der Waals surface area contributed by atoms with Crippen LogP contribution >= 0.6 is 11.8 Å². The van der Waals surface area contributed by atoms with Crippen LogP contribution in [0.4, 0.5) is 5.82 Å². The van der Waals surface area contributed by atoms with Crippen molar-refractivity contribution in [3.8, 4) is 0 Å². The zero-order chi connectivity index (χ0) is 12.1. The molecule has 2 rings (SSSR count). The van der Waals surface area contributed by atoms with Gasteiger partial charge in [-0.05, 0) is 24.5 Å². The summed E-state index contributed by atoms with van der Waals surface area (Å²) < 4.78 is 0. The molecular formula is C13H21N3S. The molecule has 94 valence electrons. The first kappa shape index (κ1) is 12.7. The van der Waals surface area contributed by atoms with Gasteiger partial charge in [0, 0.05) is 12.6 Å². The van der Waals surface area contributed by atoms with Gasteiger partial charge in [-0.3, -0.25) is 0 Å². The van der Waals surface area contributed by atoms with Gasteiger partial charge in [0.1, 0.15) is 17.2 Å². The number of hydrogen-bond donors (Lipinski definition) is 1. The minimum absolute atomic E-state index is 0.802. The summed E-state index contributed by atoms with van der Waals surface area (Å²) in [6.45, 7) is 3.42. The molecule has 2 atom stereocenters. The number of aromatic nitrogens is 2. The molecular weight excluding hydrogens is 230 g/mol. The Bertz CT molecular complexity index is 356. The van der Waals surface area contributed by atoms with Crippen LogP contribution in [0.1, 0.15) is 32.6 Å². The van der Waals surface area contributed by atoms with Crippen LogP contribution in [0.3, 0.4) is 0 Å². The van der Waals surface area contributed by atoms with Crippen LogP contribution < -0.4 is 5.32 Å². The first-order valence-corrected chi connectivity index (χ1v) is 7.62. The average Bonchev–Trinajstić information content (AvgIpc) is 2.38. The Hall–Kier alpha value is -0.770. The molecule has 0 bridgehead atoms. The smallest absolute Gasteiger partial charge is 0.130 e. The summed E-state index contributed by atoms with van der Waals surface area (Å²) in [4.78, 5) is 8.44. The van der Waals surface area contributed by atoms with Crippen molar-refractivity contribution in [1.29, 1.82) is 0 Å². The summed E-state index contributed by atoms with van der Waals surface area (Å²) in [6, 6.07) is 2.03. The highest BCUT2D eigenvalue weighted by atomic mass is 32.2. The molecule has 1 aliphatic rings. The molecule has 0 amide bonds. The van der Waals surface area contributed by atoms with Gasteiger partial charge in [0.05, 0.1) is 0 Å². The van der Waals surface area contributed by atoms with Gasteiger partial charge in [-0.1, -0.05) is 26.2 Å². The van der Waals surface area contributed by atoms with Crippen LogP contribution in [0.5, 0.6) is 0 Å². The first-order chi connectivity index (χ1) is 8.29. The summed E-state index contributed by atoms with van der Waals surface area (Å²) in [5, 5.41) is 4.48. The Morgan fingerprint density at radius 3 is 2.94 bits per heavy atom. The molecule has 0 spiro atoms. The van der Waals surface area contributed by atoms with Crippen LogP contribution in [0.2, 0.25) is 0 Å². The van der Waals surface area contributed by atoms with Gasteiger partial charge in [-0.15, -0.1) is 11.8 Å². The highest BCUT2D eigenvalue weighted by Gasteiger charge is 2.20. The normalized spacial score (nSPS) is 24.6. The molecule has 17 heavy (non-hydrogen) atoms. The summed E-state index contributed by atoms with van der Waals surface area (Å²) >= 11 is 1.65. The molecule has 0 radical (unpaired) electrons. The average molecular weight is 251 g/mol. The maximum atomic E-state index is 4.26. The van der Waals surface area contributed by atoms with E-state index in [0.717, 1.165) is 29.2 Å². The monoisotopic (exact) mass is 251 g/mol. The quantitative estimate of drug-likeness (QED) is 0.657. The highest BCUT2D eigenvalue weighted by molar-refractivity contribution is 7.98. The molecule has 0 aromatic carbocycles. The van der Waals surface area contributed by atoms with Gasteiger partial charge in [-0.25, -0.2) is 9.97 Å². The van der Waals surface area contributed by atoms with E-state index in [-0.39, 0.29) is 0 Å². The number of nitrogens with zero attached hydrogens (tertiary/aromatic N) is 2. The van der Waals surface area contributed by atoms with E-state index in [2.05, 4.69) is 22.2 Å². The molecule has 4 heteroatoms. The zero-order valence-electron chi connectivity index (χ0n) is 10.6. The van der Waals surface area contributed by atoms with Crippen molar-refractivity contribution in [3.05, 3.63) is 12.4 Å². The lowest BCUT2D eigenvalue weighted by Crippen LogP contribution is -2.24. The lowest BCUT2D eigenvalue weighted by atomic mass is 9.80. The fraction of sp³-hybridized carbons (Fsp3) is 0.692. The third-order valence-corrected chi connectivity index (χ3v) is 4.33. The van der Waals surface area contributed by atoms with E-state index in [1.807, 2.05) is 12.3 Å². The van der Waals surface area contributed by atoms with Crippen molar-refractivity contribution in [1.82, 2.24) is 9.97 Å². The van der Waals surface area contributed by atoms with Crippen molar-refractivity contribution in [3.63, 3.8) is 0 Å². The first-order valence-electron chi connectivity index (χ1n) is 6.39. The van der Waals surface area contributed by atoms with Crippen LogP contribution in [0.15, 0.2) is 17.4 Å². The van der Waals surface area contributed by atoms with Crippen LogP contribution in [0, 0.1) is 11.8 Å². The third kappa shape index (κ3) is 3.60. The fourth-order valence-corrected chi connectivity index (χ4v) is 2.86. The Kier molecular flexibility index (Phi) is 4.66. The molecule has 2 unspecified atom stereocenters. The molecule has 0 saturated heterocycles. The molecule has 1 aromatic rings. The maximum Gasteiger partial charge on any atom is 0.130 e. The number of nitrogens with one attached hydrogen (secondary N) is 1. The van der Waals surface area contributed by atoms with Gasteiger partial charge in [-0.2, -0.15) is 0 Å². The number of anilines is 1. The van der Waals surface area contributed by atoms with Crippen molar-refractivity contribution in [2.75, 3.05) is 18.1 Å². The second-order valence-electron chi connectivity index (χ2n) is 4.85. The van der Waals surface area contributed by atoms with E-state index in [4.69, 9.17) is 0 Å². The van der Waals surface area contributed by atoms with Crippen LogP contribution in [-0.4, -0.2) is 22.8 Å². The Morgan fingerprint density at radius 1 is 1.35 bits per heavy atom. The predicted molar refractivity (Wildman–Crippen MR) is 73.4 cm³/mol. The zero-order valence-corrected chi connectivity index (χ0v) is 11.5. The predicted octanol–water partition coefficient (Wildman–Crippen LogP) is 3.44. The van der Waals surface area contributed by atoms with Gasteiger partial charge in [0.15, 0.2) is 0 Å². The molecule has 0 aliphatic heterocycles. The summed E-state index contributed by atoms with van der Waals surface area (Å²) in [7, 11) is 0. The Labute approximate surface area is 108 Å². The van der Waals surface area contributed by atoms with Gasteiger partial charge < -0.3 is 5.32 Å². The summed E-state index contributed by atoms with van der Waals surface area (Å²) in [5.74, 6) is 2.61. The third-order valence-electron chi connectivity index (χ3n) is 3.69. The van der Waals surface area contributed by atoms with Crippen molar-refractivity contribution in [2.45, 2.75) is 37.6 Å². The van der Waals surface area contributed by atoms with Gasteiger partial charge in [0.2, 0.25) is 0 Å². The topological polar surface area (TPSA) is 37.8 Å². The van der Waals surface area contributed by atoms with Crippen molar-refractivity contribution < 1.29 is 0 Å². The highest BCUT2D eigenvalue weighted by Crippen LogP contribution is 2.29. The Morgan fingerprint density at radius 2 is 2.18 bits per heavy atom. The van der Waals surface area contributed by atoms with Crippen LogP contribution in [-0.2, 0) is 0 Å². The largest absolute Gasteiger partial charge is 0.370 e. The van der Waals surface area contributed by atoms with Crippen molar-refractivity contribution in [2.24, 2.45) is 11.8 Å². The molecule has 1 heterocycles. The van der Waals surface area contributed by atoms with E-state index in [9.17, 15) is 0 Å². The SMILES string of the molecule is CSc1cc(NCC2CCCCC2C)ncn1. The molecule has 1 fully saturated rings. The maximum absolute atomic E-state index is 4.26. The minimum atomic E-state index is 0.802. The van der Waals surface area contributed by atoms with E-state index in [1.165, 1.54) is 25.7 Å². The van der Waals surface area contributed by atoms with Gasteiger partial charge >= 0.3 is 0 Å². The van der Waals surface area contributed by atoms with Gasteiger partial charge in [0.25, 0.3) is 0 Å². The minimum Gasteiger partial charge on any atom is -0.370 e. The van der Waals surface area contributed by atoms with E-state index >= 15 is 0 Å². The molecule has 1 aromatic heterocycles. The standard InChI is InChI=1S/C13H21N3S/c1-10-5-3-4-6-11(10)8-14-12-7-13(17-2)16-9-15-12/h7,9-11H,3-6,8H2,1-2H3,(H,14,15,16). The summed E-state index contributed by atoms with van der Waals surface area (Å²) in [6.07, 6.45) is 9.20.